The second kappa shape index (κ2) is 5.96. The number of carbonyl (C=O) groups excluding carboxylic acids is 1. The topological polar surface area (TPSA) is 43.8 Å². The Labute approximate surface area is 123 Å². The number of hydrogen-bond acceptors (Lipinski definition) is 4. The second-order valence-corrected chi connectivity index (χ2v) is 6.27. The van der Waals surface area contributed by atoms with Gasteiger partial charge in [-0.1, -0.05) is 11.8 Å². The molecule has 1 amide bonds. The highest BCUT2D eigenvalue weighted by molar-refractivity contribution is 7.10. The molecule has 1 aromatic rings. The van der Waals surface area contributed by atoms with Crippen LogP contribution in [0.1, 0.15) is 23.3 Å². The predicted octanol–water partition coefficient (Wildman–Crippen LogP) is 0.899. The average Bonchev–Trinajstić information content (AvgIpc) is 3.04. The molecule has 2 aliphatic heterocycles. The van der Waals surface area contributed by atoms with E-state index in [-0.39, 0.29) is 6.61 Å². The molecule has 106 valence electrons. The van der Waals surface area contributed by atoms with Crippen molar-refractivity contribution in [3.05, 3.63) is 21.9 Å². The van der Waals surface area contributed by atoms with Crippen molar-refractivity contribution in [3.8, 4) is 11.8 Å². The summed E-state index contributed by atoms with van der Waals surface area (Å²) in [6, 6.07) is 2.52. The highest BCUT2D eigenvalue weighted by atomic mass is 32.1. The molecule has 0 aliphatic carbocycles. The fourth-order valence-electron chi connectivity index (χ4n) is 2.96. The molecule has 0 radical (unpaired) electrons. The van der Waals surface area contributed by atoms with E-state index < -0.39 is 0 Å². The Morgan fingerprint density at radius 3 is 3.20 bits per heavy atom. The van der Waals surface area contributed by atoms with Crippen LogP contribution in [-0.4, -0.2) is 53.1 Å². The third-order valence-corrected chi connectivity index (χ3v) is 4.85. The first-order chi connectivity index (χ1) is 9.76. The fraction of sp³-hybridized carbons (Fsp3) is 0.533. The third kappa shape index (κ3) is 2.88. The lowest BCUT2D eigenvalue weighted by atomic mass is 10.1. The summed E-state index contributed by atoms with van der Waals surface area (Å²) >= 11 is 1.71. The van der Waals surface area contributed by atoms with Crippen LogP contribution in [0.2, 0.25) is 0 Å². The molecule has 0 aromatic carbocycles. The van der Waals surface area contributed by atoms with Gasteiger partial charge in [0.15, 0.2) is 0 Å². The molecular formula is C15H18N2O2S. The van der Waals surface area contributed by atoms with Crippen molar-refractivity contribution in [1.82, 2.24) is 9.80 Å². The number of nitrogens with zero attached hydrogens (tertiary/aromatic N) is 2. The average molecular weight is 290 g/mol. The van der Waals surface area contributed by atoms with Crippen LogP contribution in [0.4, 0.5) is 0 Å². The Bertz CT molecular complexity index is 558. The van der Waals surface area contributed by atoms with E-state index in [4.69, 9.17) is 5.11 Å². The molecule has 1 N–H and O–H groups in total. The Balaban J connectivity index is 1.59. The van der Waals surface area contributed by atoms with Gasteiger partial charge in [0, 0.05) is 54.5 Å². The standard InChI is InChI=1S/C15H18N2O2S/c18-7-1-2-12-8-14(20-11-12)10-16-5-6-17-13(9-16)3-4-15(17)19/h8,11,13,18H,3-7,9-10H2. The minimum atomic E-state index is -0.0944. The molecule has 20 heavy (non-hydrogen) atoms. The lowest BCUT2D eigenvalue weighted by Gasteiger charge is -2.37. The zero-order valence-corrected chi connectivity index (χ0v) is 12.2. The molecule has 1 unspecified atom stereocenters. The Hall–Kier alpha value is -1.35. The van der Waals surface area contributed by atoms with Crippen LogP contribution in [0.15, 0.2) is 11.4 Å². The van der Waals surface area contributed by atoms with Gasteiger partial charge >= 0.3 is 0 Å². The van der Waals surface area contributed by atoms with E-state index in [0.717, 1.165) is 44.6 Å². The van der Waals surface area contributed by atoms with E-state index in [1.165, 1.54) is 4.88 Å². The minimum Gasteiger partial charge on any atom is -0.384 e. The number of fused-ring (bicyclic) bond motifs is 1. The van der Waals surface area contributed by atoms with Gasteiger partial charge in [-0.2, -0.15) is 0 Å². The van der Waals surface area contributed by atoms with E-state index >= 15 is 0 Å². The molecule has 1 aromatic heterocycles. The van der Waals surface area contributed by atoms with Crippen molar-refractivity contribution in [3.63, 3.8) is 0 Å². The molecule has 0 spiro atoms. The van der Waals surface area contributed by atoms with Gasteiger partial charge in [0.2, 0.25) is 5.91 Å². The van der Waals surface area contributed by atoms with E-state index in [2.05, 4.69) is 22.8 Å². The number of aliphatic hydroxyl groups excluding tert-OH is 1. The summed E-state index contributed by atoms with van der Waals surface area (Å²) in [5.41, 5.74) is 0.980. The van der Waals surface area contributed by atoms with Gasteiger partial charge in [0.25, 0.3) is 0 Å². The van der Waals surface area contributed by atoms with Crippen LogP contribution in [0.3, 0.4) is 0 Å². The molecule has 3 rings (SSSR count). The fourth-order valence-corrected chi connectivity index (χ4v) is 3.82. The molecule has 2 saturated heterocycles. The van der Waals surface area contributed by atoms with E-state index in [0.29, 0.717) is 11.9 Å². The highest BCUT2D eigenvalue weighted by Crippen LogP contribution is 2.24. The van der Waals surface area contributed by atoms with Crippen LogP contribution in [-0.2, 0) is 11.3 Å². The summed E-state index contributed by atoms with van der Waals surface area (Å²) in [4.78, 5) is 17.4. The van der Waals surface area contributed by atoms with Gasteiger partial charge < -0.3 is 10.0 Å². The van der Waals surface area contributed by atoms with Crippen molar-refractivity contribution < 1.29 is 9.90 Å². The summed E-state index contributed by atoms with van der Waals surface area (Å²) in [5, 5.41) is 10.7. The largest absolute Gasteiger partial charge is 0.384 e. The van der Waals surface area contributed by atoms with Crippen LogP contribution in [0.25, 0.3) is 0 Å². The van der Waals surface area contributed by atoms with Gasteiger partial charge in [-0.05, 0) is 12.5 Å². The third-order valence-electron chi connectivity index (χ3n) is 3.92. The maximum absolute atomic E-state index is 11.7. The van der Waals surface area contributed by atoms with E-state index in [9.17, 15) is 4.79 Å². The number of thiophene rings is 1. The van der Waals surface area contributed by atoms with Crippen molar-refractivity contribution in [2.45, 2.75) is 25.4 Å². The first-order valence-corrected chi connectivity index (χ1v) is 7.83. The SMILES string of the molecule is O=C1CCC2CN(Cc3cc(C#CCO)cs3)CCN12. The molecule has 5 heteroatoms. The van der Waals surface area contributed by atoms with E-state index in [1.807, 2.05) is 10.3 Å². The Morgan fingerprint density at radius 1 is 1.45 bits per heavy atom. The van der Waals surface area contributed by atoms with Gasteiger partial charge in [-0.3, -0.25) is 9.69 Å². The molecule has 0 bridgehead atoms. The first kappa shape index (κ1) is 13.6. The lowest BCUT2D eigenvalue weighted by molar-refractivity contribution is -0.130. The normalized spacial score (nSPS) is 22.6. The monoisotopic (exact) mass is 290 g/mol. The number of piperazine rings is 1. The Morgan fingerprint density at radius 2 is 2.35 bits per heavy atom. The maximum atomic E-state index is 11.7. The summed E-state index contributed by atoms with van der Waals surface area (Å²) in [6.07, 6.45) is 1.73. The zero-order valence-electron chi connectivity index (χ0n) is 11.3. The van der Waals surface area contributed by atoms with Crippen molar-refractivity contribution in [2.24, 2.45) is 0 Å². The number of amides is 1. The molecule has 0 saturated carbocycles. The minimum absolute atomic E-state index is 0.0944. The summed E-state index contributed by atoms with van der Waals surface area (Å²) in [5.74, 6) is 5.93. The van der Waals surface area contributed by atoms with Crippen molar-refractivity contribution in [1.29, 1.82) is 0 Å². The second-order valence-electron chi connectivity index (χ2n) is 5.28. The molecular weight excluding hydrogens is 272 g/mol. The molecule has 2 fully saturated rings. The van der Waals surface area contributed by atoms with Crippen LogP contribution in [0.5, 0.6) is 0 Å². The zero-order chi connectivity index (χ0) is 13.9. The maximum Gasteiger partial charge on any atom is 0.222 e. The molecule has 3 heterocycles. The van der Waals surface area contributed by atoms with Crippen LogP contribution >= 0.6 is 11.3 Å². The number of aliphatic hydroxyl groups is 1. The van der Waals surface area contributed by atoms with E-state index in [1.54, 1.807) is 11.3 Å². The van der Waals surface area contributed by atoms with Crippen LogP contribution < -0.4 is 0 Å². The number of hydrogen-bond donors (Lipinski definition) is 1. The number of carbonyl (C=O) groups is 1. The lowest BCUT2D eigenvalue weighted by Crippen LogP contribution is -2.50. The molecule has 2 aliphatic rings. The Kier molecular flexibility index (Phi) is 4.06. The first-order valence-electron chi connectivity index (χ1n) is 6.95. The molecule has 1 atom stereocenters. The van der Waals surface area contributed by atoms with Crippen molar-refractivity contribution >= 4 is 17.2 Å². The smallest absolute Gasteiger partial charge is 0.222 e. The van der Waals surface area contributed by atoms with Gasteiger partial charge in [-0.25, -0.2) is 0 Å². The van der Waals surface area contributed by atoms with Crippen molar-refractivity contribution in [2.75, 3.05) is 26.2 Å². The highest BCUT2D eigenvalue weighted by Gasteiger charge is 2.35. The summed E-state index contributed by atoms with van der Waals surface area (Å²) in [6.45, 7) is 3.65. The molecule has 4 nitrogen and oxygen atoms in total. The van der Waals surface area contributed by atoms with Gasteiger partial charge in [-0.15, -0.1) is 11.3 Å². The summed E-state index contributed by atoms with van der Waals surface area (Å²) < 4.78 is 0. The van der Waals surface area contributed by atoms with Gasteiger partial charge in [0.05, 0.1) is 0 Å². The van der Waals surface area contributed by atoms with Crippen LogP contribution in [0, 0.1) is 11.8 Å². The quantitative estimate of drug-likeness (QED) is 0.823. The predicted molar refractivity (Wildman–Crippen MR) is 78.3 cm³/mol. The summed E-state index contributed by atoms with van der Waals surface area (Å²) in [7, 11) is 0. The van der Waals surface area contributed by atoms with Gasteiger partial charge in [0.1, 0.15) is 6.61 Å². The number of rotatable bonds is 2.